The quantitative estimate of drug-likeness (QED) is 0.297. The molecule has 2 aliphatic heterocycles. The van der Waals surface area contributed by atoms with Crippen molar-refractivity contribution in [2.75, 3.05) is 37.0 Å². The van der Waals surface area contributed by atoms with E-state index in [0.29, 0.717) is 55.0 Å². The van der Waals surface area contributed by atoms with Gasteiger partial charge >= 0.3 is 6.01 Å². The normalized spacial score (nSPS) is 14.4. The SMILES string of the molecule is CCOc1nc2nc(n1)Nc1ccc(C(=O)NCC(C)=N)c(c1)OCCCCCCCCOc1ccc(cc1)CN2. The molecule has 3 aromatic rings. The van der Waals surface area contributed by atoms with E-state index in [1.54, 1.807) is 25.1 Å². The van der Waals surface area contributed by atoms with Crippen LogP contribution in [0.25, 0.3) is 0 Å². The molecule has 2 aromatic carbocycles. The molecule has 1 aromatic heterocycles. The second kappa shape index (κ2) is 15.4. The van der Waals surface area contributed by atoms with Crippen LogP contribution in [0, 0.1) is 5.41 Å². The van der Waals surface area contributed by atoms with Crippen LogP contribution in [0.4, 0.5) is 17.6 Å². The second-order valence-corrected chi connectivity index (χ2v) is 9.81. The number of anilines is 3. The zero-order valence-electron chi connectivity index (χ0n) is 23.8. The van der Waals surface area contributed by atoms with Gasteiger partial charge in [-0.3, -0.25) is 4.79 Å². The third kappa shape index (κ3) is 9.63. The summed E-state index contributed by atoms with van der Waals surface area (Å²) in [5.41, 5.74) is 2.47. The first-order valence-electron chi connectivity index (χ1n) is 14.2. The number of nitrogens with zero attached hydrogens (tertiary/aromatic N) is 3. The van der Waals surface area contributed by atoms with Crippen molar-refractivity contribution >= 4 is 29.2 Å². The number of nitrogens with one attached hydrogen (secondary N) is 4. The van der Waals surface area contributed by atoms with Crippen LogP contribution in [-0.4, -0.2) is 52.9 Å². The average molecular weight is 562 g/mol. The van der Waals surface area contributed by atoms with E-state index in [-0.39, 0.29) is 24.4 Å². The second-order valence-electron chi connectivity index (χ2n) is 9.81. The molecule has 0 radical (unpaired) electrons. The number of hydrogen-bond acceptors (Lipinski definition) is 10. The molecule has 11 nitrogen and oxygen atoms in total. The van der Waals surface area contributed by atoms with Crippen LogP contribution in [-0.2, 0) is 6.54 Å². The highest BCUT2D eigenvalue weighted by molar-refractivity contribution is 5.99. The van der Waals surface area contributed by atoms with Gasteiger partial charge in [0.25, 0.3) is 5.91 Å². The molecule has 11 heteroatoms. The van der Waals surface area contributed by atoms with E-state index in [0.717, 1.165) is 49.8 Å². The smallest absolute Gasteiger partial charge is 0.323 e. The Morgan fingerprint density at radius 2 is 1.66 bits per heavy atom. The van der Waals surface area contributed by atoms with Crippen molar-refractivity contribution in [2.45, 2.75) is 58.9 Å². The largest absolute Gasteiger partial charge is 0.494 e. The van der Waals surface area contributed by atoms with Crippen molar-refractivity contribution in [2.24, 2.45) is 0 Å². The summed E-state index contributed by atoms with van der Waals surface area (Å²) in [6.45, 7) is 5.78. The lowest BCUT2D eigenvalue weighted by Gasteiger charge is -2.15. The standard InChI is InChI=1S/C30H39N7O4/c1-3-39-30-36-28-33-20-22-10-13-24(14-11-22)40-16-8-6-4-5-7-9-17-41-26-18-23(34-29(35-28)37-30)12-15-25(26)27(38)32-19-21(2)31/h10-15,18,31H,3-9,16-17,19-20H2,1-2H3,(H,32,38)(H2,33,34,35,36,37). The van der Waals surface area contributed by atoms with Gasteiger partial charge in [-0.25, -0.2) is 0 Å². The number of carbonyl (C=O) groups is 1. The predicted octanol–water partition coefficient (Wildman–Crippen LogP) is 5.51. The maximum Gasteiger partial charge on any atom is 0.323 e. The van der Waals surface area contributed by atoms with E-state index in [4.69, 9.17) is 19.6 Å². The molecule has 6 bridgehead atoms. The van der Waals surface area contributed by atoms with Crippen LogP contribution in [0.2, 0.25) is 0 Å². The van der Waals surface area contributed by atoms with Crippen molar-refractivity contribution < 1.29 is 19.0 Å². The topological polar surface area (TPSA) is 143 Å². The Kier molecular flexibility index (Phi) is 11.1. The summed E-state index contributed by atoms with van der Waals surface area (Å²) in [6.07, 6.45) is 6.29. The molecule has 0 saturated heterocycles. The fourth-order valence-electron chi connectivity index (χ4n) is 4.20. The van der Waals surface area contributed by atoms with Crippen molar-refractivity contribution in [1.29, 1.82) is 5.41 Å². The van der Waals surface area contributed by atoms with Gasteiger partial charge < -0.3 is 35.6 Å². The molecule has 5 rings (SSSR count). The molecule has 4 N–H and O–H groups in total. The van der Waals surface area contributed by atoms with Crippen LogP contribution in [0.1, 0.15) is 68.3 Å². The van der Waals surface area contributed by atoms with Gasteiger partial charge in [-0.15, -0.1) is 0 Å². The van der Waals surface area contributed by atoms with E-state index in [1.165, 1.54) is 0 Å². The Bertz CT molecular complexity index is 1300. The fourth-order valence-corrected chi connectivity index (χ4v) is 4.20. The van der Waals surface area contributed by atoms with Gasteiger partial charge in [-0.05, 0) is 56.5 Å². The van der Waals surface area contributed by atoms with E-state index < -0.39 is 0 Å². The third-order valence-electron chi connectivity index (χ3n) is 6.32. The minimum Gasteiger partial charge on any atom is -0.494 e. The number of carbonyl (C=O) groups excluding carboxylic acids is 1. The molecule has 0 aliphatic carbocycles. The Morgan fingerprint density at radius 3 is 2.39 bits per heavy atom. The van der Waals surface area contributed by atoms with Crippen LogP contribution < -0.4 is 30.2 Å². The van der Waals surface area contributed by atoms with Gasteiger partial charge in [0.15, 0.2) is 0 Å². The summed E-state index contributed by atoms with van der Waals surface area (Å²) in [4.78, 5) is 26.1. The minimum absolute atomic E-state index is 0.175. The molecule has 41 heavy (non-hydrogen) atoms. The van der Waals surface area contributed by atoms with Gasteiger partial charge in [0.2, 0.25) is 11.9 Å². The highest BCUT2D eigenvalue weighted by Crippen LogP contribution is 2.26. The number of rotatable bonds is 5. The van der Waals surface area contributed by atoms with Crippen molar-refractivity contribution in [1.82, 2.24) is 20.3 Å². The molecule has 2 aliphatic rings. The summed E-state index contributed by atoms with van der Waals surface area (Å²) < 4.78 is 17.6. The van der Waals surface area contributed by atoms with E-state index in [2.05, 4.69) is 30.9 Å². The Morgan fingerprint density at radius 1 is 0.951 bits per heavy atom. The predicted molar refractivity (Wildman–Crippen MR) is 159 cm³/mol. The van der Waals surface area contributed by atoms with Gasteiger partial charge in [-0.1, -0.05) is 37.8 Å². The average Bonchev–Trinajstić information content (AvgIpc) is 2.96. The molecular formula is C30H39N7O4. The van der Waals surface area contributed by atoms with Gasteiger partial charge in [0.05, 0.1) is 31.9 Å². The zero-order chi connectivity index (χ0) is 28.9. The molecule has 0 unspecified atom stereocenters. The zero-order valence-corrected chi connectivity index (χ0v) is 23.8. The van der Waals surface area contributed by atoms with Crippen LogP contribution in [0.15, 0.2) is 42.5 Å². The number of benzene rings is 2. The summed E-state index contributed by atoms with van der Waals surface area (Å²) in [5, 5.41) is 16.8. The van der Waals surface area contributed by atoms with E-state index in [1.807, 2.05) is 31.2 Å². The lowest BCUT2D eigenvalue weighted by molar-refractivity contribution is 0.0955. The molecule has 0 spiro atoms. The molecule has 0 atom stereocenters. The number of amides is 1. The van der Waals surface area contributed by atoms with Crippen molar-refractivity contribution in [3.05, 3.63) is 53.6 Å². The summed E-state index contributed by atoms with van der Waals surface area (Å²) in [5.74, 6) is 1.66. The maximum absolute atomic E-state index is 12.9. The number of ether oxygens (including phenoxy) is 3. The number of hydrogen-bond donors (Lipinski definition) is 4. The van der Waals surface area contributed by atoms with Crippen molar-refractivity contribution in [3.63, 3.8) is 0 Å². The minimum atomic E-state index is -0.295. The highest BCUT2D eigenvalue weighted by atomic mass is 16.5. The molecular weight excluding hydrogens is 522 g/mol. The first-order chi connectivity index (χ1) is 20.0. The van der Waals surface area contributed by atoms with E-state index >= 15 is 0 Å². The van der Waals surface area contributed by atoms with Crippen LogP contribution >= 0.6 is 0 Å². The number of aromatic nitrogens is 3. The van der Waals surface area contributed by atoms with Crippen LogP contribution in [0.5, 0.6) is 17.5 Å². The molecule has 1 amide bonds. The maximum atomic E-state index is 12.9. The third-order valence-corrected chi connectivity index (χ3v) is 6.32. The number of fused-ring (bicyclic) bond motifs is 12. The van der Waals surface area contributed by atoms with Crippen LogP contribution in [0.3, 0.4) is 0 Å². The Hall–Kier alpha value is -4.41. The fraction of sp³-hybridized carbons (Fsp3) is 0.433. The first kappa shape index (κ1) is 29.6. The lowest BCUT2D eigenvalue weighted by atomic mass is 10.1. The summed E-state index contributed by atoms with van der Waals surface area (Å²) in [6, 6.07) is 13.4. The first-order valence-corrected chi connectivity index (χ1v) is 14.2. The Labute approximate surface area is 241 Å². The van der Waals surface area contributed by atoms with Gasteiger partial charge in [0.1, 0.15) is 11.5 Å². The molecule has 0 saturated carbocycles. The molecule has 218 valence electrons. The molecule has 0 fully saturated rings. The summed E-state index contributed by atoms with van der Waals surface area (Å²) in [7, 11) is 0. The monoisotopic (exact) mass is 561 g/mol. The van der Waals surface area contributed by atoms with Crippen molar-refractivity contribution in [3.8, 4) is 17.5 Å². The molecule has 3 heterocycles. The van der Waals surface area contributed by atoms with Gasteiger partial charge in [-0.2, -0.15) is 15.0 Å². The summed E-state index contributed by atoms with van der Waals surface area (Å²) >= 11 is 0. The lowest BCUT2D eigenvalue weighted by Crippen LogP contribution is -2.28. The highest BCUT2D eigenvalue weighted by Gasteiger charge is 2.15. The van der Waals surface area contributed by atoms with Gasteiger partial charge in [0, 0.05) is 24.0 Å². The van der Waals surface area contributed by atoms with E-state index in [9.17, 15) is 4.79 Å². The Balaban J connectivity index is 1.58.